The highest BCUT2D eigenvalue weighted by molar-refractivity contribution is 5.85. The van der Waals surface area contributed by atoms with Crippen LogP contribution in [0, 0.1) is 0 Å². The van der Waals surface area contributed by atoms with Crippen molar-refractivity contribution in [2.45, 2.75) is 25.4 Å². The third kappa shape index (κ3) is 4.03. The summed E-state index contributed by atoms with van der Waals surface area (Å²) in [7, 11) is 0. The van der Waals surface area contributed by atoms with Crippen molar-refractivity contribution >= 4 is 22.6 Å². The Morgan fingerprint density at radius 2 is 1.71 bits per heavy atom. The first-order valence-electron chi connectivity index (χ1n) is 10.1. The van der Waals surface area contributed by atoms with Crippen molar-refractivity contribution in [3.8, 4) is 0 Å². The van der Waals surface area contributed by atoms with Gasteiger partial charge < -0.3 is 10.0 Å². The number of carbonyl (C=O) groups is 2. The Hall–Kier alpha value is -2.44. The average molecular weight is 381 g/mol. The number of fused-ring (bicyclic) bond motifs is 1. The van der Waals surface area contributed by atoms with E-state index in [9.17, 15) is 14.7 Å². The van der Waals surface area contributed by atoms with Gasteiger partial charge in [0.25, 0.3) is 0 Å². The highest BCUT2D eigenvalue weighted by Crippen LogP contribution is 2.21. The summed E-state index contributed by atoms with van der Waals surface area (Å²) in [6.45, 7) is 4.90. The molecule has 0 bridgehead atoms. The van der Waals surface area contributed by atoms with Crippen LogP contribution in [0.4, 0.5) is 0 Å². The summed E-state index contributed by atoms with van der Waals surface area (Å²) >= 11 is 0. The number of nitrogens with zero attached hydrogens (tertiary/aromatic N) is 3. The van der Waals surface area contributed by atoms with Gasteiger partial charge in [0, 0.05) is 32.7 Å². The zero-order chi connectivity index (χ0) is 19.5. The van der Waals surface area contributed by atoms with Crippen LogP contribution in [0.5, 0.6) is 0 Å². The van der Waals surface area contributed by atoms with E-state index in [2.05, 4.69) is 47.4 Å². The van der Waals surface area contributed by atoms with Crippen LogP contribution in [0.25, 0.3) is 10.8 Å². The van der Waals surface area contributed by atoms with Crippen molar-refractivity contribution in [3.05, 3.63) is 48.0 Å². The summed E-state index contributed by atoms with van der Waals surface area (Å²) in [6.07, 6.45) is 1.49. The number of benzene rings is 2. The van der Waals surface area contributed by atoms with Crippen LogP contribution < -0.4 is 0 Å². The Morgan fingerprint density at radius 3 is 2.50 bits per heavy atom. The van der Waals surface area contributed by atoms with Crippen LogP contribution >= 0.6 is 0 Å². The van der Waals surface area contributed by atoms with E-state index in [0.717, 1.165) is 26.1 Å². The molecule has 28 heavy (non-hydrogen) atoms. The van der Waals surface area contributed by atoms with E-state index in [1.807, 2.05) is 9.80 Å². The Balaban J connectivity index is 1.32. The summed E-state index contributed by atoms with van der Waals surface area (Å²) in [5.41, 5.74) is 1.32. The fraction of sp³-hybridized carbons (Fsp3) is 0.455. The summed E-state index contributed by atoms with van der Waals surface area (Å²) in [5.74, 6) is -0.761. The minimum absolute atomic E-state index is 0.0537. The van der Waals surface area contributed by atoms with E-state index in [1.54, 1.807) is 0 Å². The molecule has 1 amide bonds. The fourth-order valence-electron chi connectivity index (χ4n) is 4.40. The minimum atomic E-state index is -0.815. The largest absolute Gasteiger partial charge is 0.480 e. The number of carbonyl (C=O) groups excluding carboxylic acids is 1. The molecule has 2 saturated heterocycles. The lowest BCUT2D eigenvalue weighted by molar-refractivity contribution is -0.143. The van der Waals surface area contributed by atoms with Crippen LogP contribution in [-0.4, -0.2) is 77.0 Å². The summed E-state index contributed by atoms with van der Waals surface area (Å²) < 4.78 is 0. The first-order valence-corrected chi connectivity index (χ1v) is 10.1. The second-order valence-corrected chi connectivity index (χ2v) is 7.76. The molecule has 0 saturated carbocycles. The van der Waals surface area contributed by atoms with Crippen molar-refractivity contribution in [1.29, 1.82) is 0 Å². The number of carboxylic acids is 1. The number of hydrogen-bond acceptors (Lipinski definition) is 4. The first-order chi connectivity index (χ1) is 13.6. The lowest BCUT2D eigenvalue weighted by Crippen LogP contribution is -2.51. The molecule has 148 valence electrons. The molecule has 4 rings (SSSR count). The Labute approximate surface area is 165 Å². The number of aliphatic carboxylic acids is 1. The smallest absolute Gasteiger partial charge is 0.320 e. The summed E-state index contributed by atoms with van der Waals surface area (Å²) in [5, 5.41) is 11.8. The van der Waals surface area contributed by atoms with E-state index < -0.39 is 12.0 Å². The molecule has 0 radical (unpaired) electrons. The van der Waals surface area contributed by atoms with Crippen LogP contribution in [0.15, 0.2) is 42.5 Å². The van der Waals surface area contributed by atoms with Gasteiger partial charge in [-0.15, -0.1) is 0 Å². The van der Waals surface area contributed by atoms with E-state index in [4.69, 9.17) is 0 Å². The lowest BCUT2D eigenvalue weighted by Gasteiger charge is -2.36. The predicted molar refractivity (Wildman–Crippen MR) is 108 cm³/mol. The molecule has 6 heteroatoms. The Morgan fingerprint density at radius 1 is 0.964 bits per heavy atom. The highest BCUT2D eigenvalue weighted by atomic mass is 16.4. The number of rotatable bonds is 5. The molecule has 2 heterocycles. The summed E-state index contributed by atoms with van der Waals surface area (Å²) in [6, 6.07) is 14.4. The maximum Gasteiger partial charge on any atom is 0.320 e. The van der Waals surface area contributed by atoms with Gasteiger partial charge in [-0.3, -0.25) is 19.4 Å². The molecule has 2 aromatic rings. The molecule has 2 aliphatic rings. The number of piperazine rings is 1. The van der Waals surface area contributed by atoms with Gasteiger partial charge in [0.1, 0.15) is 6.04 Å². The minimum Gasteiger partial charge on any atom is -0.480 e. The third-order valence-electron chi connectivity index (χ3n) is 5.99. The highest BCUT2D eigenvalue weighted by Gasteiger charge is 2.33. The third-order valence-corrected chi connectivity index (χ3v) is 5.99. The molecule has 0 spiro atoms. The second kappa shape index (κ2) is 8.29. The second-order valence-electron chi connectivity index (χ2n) is 7.76. The van der Waals surface area contributed by atoms with Gasteiger partial charge in [-0.25, -0.2) is 0 Å². The molecule has 2 aromatic carbocycles. The zero-order valence-electron chi connectivity index (χ0n) is 16.1. The van der Waals surface area contributed by atoms with E-state index in [-0.39, 0.29) is 12.5 Å². The molecule has 1 N–H and O–H groups in total. The number of hydrogen-bond donors (Lipinski definition) is 1. The first kappa shape index (κ1) is 18.9. The van der Waals surface area contributed by atoms with E-state index >= 15 is 0 Å². The van der Waals surface area contributed by atoms with Crippen molar-refractivity contribution in [1.82, 2.24) is 14.7 Å². The fourth-order valence-corrected chi connectivity index (χ4v) is 4.40. The molecular formula is C22H27N3O3. The van der Waals surface area contributed by atoms with Crippen LogP contribution in [0.3, 0.4) is 0 Å². The van der Waals surface area contributed by atoms with E-state index in [1.165, 1.54) is 16.3 Å². The van der Waals surface area contributed by atoms with Gasteiger partial charge in [-0.1, -0.05) is 42.5 Å². The molecule has 2 fully saturated rings. The van der Waals surface area contributed by atoms with Gasteiger partial charge in [0.05, 0.1) is 6.54 Å². The maximum absolute atomic E-state index is 12.6. The zero-order valence-corrected chi connectivity index (χ0v) is 16.1. The van der Waals surface area contributed by atoms with Gasteiger partial charge in [0.2, 0.25) is 5.91 Å². The topological polar surface area (TPSA) is 64.1 Å². The lowest BCUT2D eigenvalue weighted by atomic mass is 10.0. The van der Waals surface area contributed by atoms with Crippen molar-refractivity contribution in [2.24, 2.45) is 0 Å². The normalized spacial score (nSPS) is 21.3. The SMILES string of the molecule is O=C(O)[C@H]1CCCN1CC(=O)N1CCN(Cc2cccc3ccccc23)CC1. The van der Waals surface area contributed by atoms with Crippen molar-refractivity contribution in [2.75, 3.05) is 39.3 Å². The van der Waals surface area contributed by atoms with Gasteiger partial charge >= 0.3 is 5.97 Å². The average Bonchev–Trinajstić information content (AvgIpc) is 3.17. The van der Waals surface area contributed by atoms with Crippen LogP contribution in [0.1, 0.15) is 18.4 Å². The van der Waals surface area contributed by atoms with Gasteiger partial charge in [-0.2, -0.15) is 0 Å². The van der Waals surface area contributed by atoms with Gasteiger partial charge in [-0.05, 0) is 35.7 Å². The molecule has 0 unspecified atom stereocenters. The number of carboxylic acid groups (broad SMARTS) is 1. The molecule has 2 aliphatic heterocycles. The summed E-state index contributed by atoms with van der Waals surface area (Å²) in [4.78, 5) is 30.0. The molecule has 0 aromatic heterocycles. The quantitative estimate of drug-likeness (QED) is 0.859. The van der Waals surface area contributed by atoms with Crippen molar-refractivity contribution in [3.63, 3.8) is 0 Å². The standard InChI is InChI=1S/C22H27N3O3/c26-21(16-25-10-4-9-20(25)22(27)28)24-13-11-23(12-14-24)15-18-7-3-6-17-5-1-2-8-19(17)18/h1-3,5-8,20H,4,9-16H2,(H,27,28)/t20-/m1/s1. The van der Waals surface area contributed by atoms with Crippen LogP contribution in [0.2, 0.25) is 0 Å². The molecule has 0 aliphatic carbocycles. The Kier molecular flexibility index (Phi) is 5.59. The van der Waals surface area contributed by atoms with E-state index in [0.29, 0.717) is 26.1 Å². The number of amides is 1. The number of likely N-dealkylation sites (tertiary alicyclic amines) is 1. The van der Waals surface area contributed by atoms with Crippen molar-refractivity contribution < 1.29 is 14.7 Å². The molecule has 1 atom stereocenters. The Bertz CT molecular complexity index is 856. The maximum atomic E-state index is 12.6. The van der Waals surface area contributed by atoms with Gasteiger partial charge in [0.15, 0.2) is 0 Å². The monoisotopic (exact) mass is 381 g/mol. The predicted octanol–water partition coefficient (Wildman–Crippen LogP) is 2.03. The van der Waals surface area contributed by atoms with Crippen LogP contribution in [-0.2, 0) is 16.1 Å². The molecule has 6 nitrogen and oxygen atoms in total. The molecular weight excluding hydrogens is 354 g/mol.